The zero-order chi connectivity index (χ0) is 13.4. The van der Waals surface area contributed by atoms with Crippen LogP contribution in [-0.2, 0) is 6.42 Å². The Bertz CT molecular complexity index is 373. The zero-order valence-electron chi connectivity index (χ0n) is 11.3. The minimum atomic E-state index is 0.485. The number of hydrogen-bond acceptors (Lipinski definition) is 3. The van der Waals surface area contributed by atoms with Crippen molar-refractivity contribution in [1.82, 2.24) is 5.32 Å². The Hall–Kier alpha value is -0.930. The van der Waals surface area contributed by atoms with Crippen molar-refractivity contribution in [2.24, 2.45) is 0 Å². The topological polar surface area (TPSA) is 21.3 Å². The lowest BCUT2D eigenvalue weighted by atomic mass is 10.00. The van der Waals surface area contributed by atoms with Gasteiger partial charge in [-0.1, -0.05) is 32.1 Å². The average molecular weight is 265 g/mol. The van der Waals surface area contributed by atoms with Gasteiger partial charge in [-0.3, -0.25) is 0 Å². The molecule has 0 aliphatic rings. The van der Waals surface area contributed by atoms with Crippen molar-refractivity contribution >= 4 is 18.7 Å². The predicted octanol–water partition coefficient (Wildman–Crippen LogP) is 3.53. The lowest BCUT2D eigenvalue weighted by molar-refractivity contribution is 0.413. The molecule has 0 bridgehead atoms. The molecule has 1 N–H and O–H groups in total. The van der Waals surface area contributed by atoms with Gasteiger partial charge in [0.15, 0.2) is 0 Å². The lowest BCUT2D eigenvalue weighted by Gasteiger charge is -2.17. The predicted molar refractivity (Wildman–Crippen MR) is 82.5 cm³/mol. The summed E-state index contributed by atoms with van der Waals surface area (Å²) in [6.45, 7) is 6.03. The van der Waals surface area contributed by atoms with Crippen LogP contribution in [0.25, 0.3) is 6.08 Å². The second-order valence-corrected chi connectivity index (χ2v) is 4.65. The molecule has 0 aromatic heterocycles. The molecule has 0 saturated carbocycles. The summed E-state index contributed by atoms with van der Waals surface area (Å²) in [6, 6.07) is 6.76. The molecule has 18 heavy (non-hydrogen) atoms. The highest BCUT2D eigenvalue weighted by Crippen LogP contribution is 2.22. The highest BCUT2D eigenvalue weighted by molar-refractivity contribution is 7.80. The van der Waals surface area contributed by atoms with Gasteiger partial charge in [0.2, 0.25) is 0 Å². The third-order valence-electron chi connectivity index (χ3n) is 3.01. The van der Waals surface area contributed by atoms with E-state index in [1.165, 1.54) is 12.0 Å². The monoisotopic (exact) mass is 265 g/mol. The van der Waals surface area contributed by atoms with Gasteiger partial charge in [-0.25, -0.2) is 0 Å². The standard InChI is InChI=1S/C15H23NOS/c1-4-6-14(16-11-18)10-12-7-8-15(17-3)13(5-2)9-12/h5,7-9,14,16,18H,2,4,6,10-11H2,1,3H3. The number of hydrogen-bond donors (Lipinski definition) is 2. The van der Waals surface area contributed by atoms with Crippen LogP contribution in [0.3, 0.4) is 0 Å². The average Bonchev–Trinajstić information content (AvgIpc) is 2.39. The van der Waals surface area contributed by atoms with Gasteiger partial charge in [-0.15, -0.1) is 0 Å². The Kier molecular flexibility index (Phi) is 6.91. The van der Waals surface area contributed by atoms with E-state index in [1.54, 1.807) is 7.11 Å². The maximum absolute atomic E-state index is 5.29. The largest absolute Gasteiger partial charge is 0.496 e. The van der Waals surface area contributed by atoms with Crippen LogP contribution < -0.4 is 10.1 Å². The van der Waals surface area contributed by atoms with Crippen molar-refractivity contribution in [2.75, 3.05) is 13.0 Å². The second kappa shape index (κ2) is 8.22. The molecule has 3 heteroatoms. The third kappa shape index (κ3) is 4.39. The fourth-order valence-corrected chi connectivity index (χ4v) is 2.37. The van der Waals surface area contributed by atoms with E-state index in [0.29, 0.717) is 6.04 Å². The van der Waals surface area contributed by atoms with Crippen LogP contribution in [0.1, 0.15) is 30.9 Å². The normalized spacial score (nSPS) is 12.2. The van der Waals surface area contributed by atoms with Crippen LogP contribution in [0.5, 0.6) is 5.75 Å². The Balaban J connectivity index is 2.79. The summed E-state index contributed by atoms with van der Waals surface area (Å²) in [5, 5.41) is 3.41. The van der Waals surface area contributed by atoms with Crippen molar-refractivity contribution < 1.29 is 4.74 Å². The van der Waals surface area contributed by atoms with Crippen LogP contribution in [-0.4, -0.2) is 19.0 Å². The molecule has 1 rings (SSSR count). The molecule has 1 aromatic carbocycles. The maximum Gasteiger partial charge on any atom is 0.126 e. The van der Waals surface area contributed by atoms with Crippen molar-refractivity contribution in [1.29, 1.82) is 0 Å². The fraction of sp³-hybridized carbons (Fsp3) is 0.467. The quantitative estimate of drug-likeness (QED) is 0.554. The first-order chi connectivity index (χ1) is 8.74. The van der Waals surface area contributed by atoms with Crippen LogP contribution in [0.2, 0.25) is 0 Å². The molecule has 1 aromatic rings. The fourth-order valence-electron chi connectivity index (χ4n) is 2.11. The number of ether oxygens (including phenoxy) is 1. The van der Waals surface area contributed by atoms with Gasteiger partial charge >= 0.3 is 0 Å². The number of methoxy groups -OCH3 is 1. The molecule has 0 radical (unpaired) electrons. The molecular weight excluding hydrogens is 242 g/mol. The molecule has 0 aliphatic carbocycles. The van der Waals surface area contributed by atoms with E-state index in [-0.39, 0.29) is 0 Å². The molecule has 0 heterocycles. The first-order valence-corrected chi connectivity index (χ1v) is 7.02. The van der Waals surface area contributed by atoms with Crippen LogP contribution in [0.4, 0.5) is 0 Å². The van der Waals surface area contributed by atoms with Crippen LogP contribution >= 0.6 is 12.6 Å². The van der Waals surface area contributed by atoms with E-state index in [4.69, 9.17) is 4.74 Å². The smallest absolute Gasteiger partial charge is 0.126 e. The van der Waals surface area contributed by atoms with Crippen molar-refractivity contribution in [3.8, 4) is 5.75 Å². The molecule has 0 fully saturated rings. The van der Waals surface area contributed by atoms with E-state index in [1.807, 2.05) is 12.1 Å². The molecule has 1 atom stereocenters. The minimum Gasteiger partial charge on any atom is -0.496 e. The van der Waals surface area contributed by atoms with Gasteiger partial charge in [-0.2, -0.15) is 12.6 Å². The highest BCUT2D eigenvalue weighted by Gasteiger charge is 2.09. The van der Waals surface area contributed by atoms with E-state index >= 15 is 0 Å². The first-order valence-electron chi connectivity index (χ1n) is 6.38. The van der Waals surface area contributed by atoms with Crippen molar-refractivity contribution in [3.63, 3.8) is 0 Å². The molecule has 1 unspecified atom stereocenters. The number of thiol groups is 1. The van der Waals surface area contributed by atoms with Gasteiger partial charge < -0.3 is 10.1 Å². The Morgan fingerprint density at radius 3 is 2.83 bits per heavy atom. The van der Waals surface area contributed by atoms with Crippen molar-refractivity contribution in [3.05, 3.63) is 35.9 Å². The summed E-state index contributed by atoms with van der Waals surface area (Å²) in [5.74, 6) is 1.60. The molecule has 0 saturated heterocycles. The van der Waals surface area contributed by atoms with E-state index in [2.05, 4.69) is 43.6 Å². The summed E-state index contributed by atoms with van der Waals surface area (Å²) in [5.41, 5.74) is 2.36. The zero-order valence-corrected chi connectivity index (χ0v) is 12.2. The Morgan fingerprint density at radius 2 is 2.28 bits per heavy atom. The molecule has 0 amide bonds. The van der Waals surface area contributed by atoms with E-state index in [0.717, 1.165) is 30.0 Å². The second-order valence-electron chi connectivity index (χ2n) is 4.33. The van der Waals surface area contributed by atoms with E-state index in [9.17, 15) is 0 Å². The number of rotatable bonds is 8. The molecule has 2 nitrogen and oxygen atoms in total. The first kappa shape index (κ1) is 15.1. The summed E-state index contributed by atoms with van der Waals surface area (Å²) in [7, 11) is 1.68. The lowest BCUT2D eigenvalue weighted by Crippen LogP contribution is -2.30. The van der Waals surface area contributed by atoms with Gasteiger partial charge in [0.05, 0.1) is 7.11 Å². The Labute approximate surface area is 116 Å². The SMILES string of the molecule is C=Cc1cc(CC(CCC)NCS)ccc1OC. The summed E-state index contributed by atoms with van der Waals surface area (Å²) < 4.78 is 5.29. The maximum atomic E-state index is 5.29. The van der Waals surface area contributed by atoms with Crippen molar-refractivity contribution in [2.45, 2.75) is 32.2 Å². The summed E-state index contributed by atoms with van der Waals surface area (Å²) in [4.78, 5) is 0. The third-order valence-corrected chi connectivity index (χ3v) is 3.20. The molecule has 0 aliphatic heterocycles. The molecule has 0 spiro atoms. The minimum absolute atomic E-state index is 0.485. The van der Waals surface area contributed by atoms with Gasteiger partial charge in [0.1, 0.15) is 5.75 Å². The molecular formula is C15H23NOS. The van der Waals surface area contributed by atoms with Gasteiger partial charge in [0, 0.05) is 17.5 Å². The summed E-state index contributed by atoms with van der Waals surface area (Å²) in [6.07, 6.45) is 5.19. The number of nitrogens with one attached hydrogen (secondary N) is 1. The summed E-state index contributed by atoms with van der Waals surface area (Å²) >= 11 is 4.24. The van der Waals surface area contributed by atoms with Crippen LogP contribution in [0, 0.1) is 0 Å². The molecule has 100 valence electrons. The number of benzene rings is 1. The van der Waals surface area contributed by atoms with E-state index < -0.39 is 0 Å². The van der Waals surface area contributed by atoms with Gasteiger partial charge in [-0.05, 0) is 30.5 Å². The van der Waals surface area contributed by atoms with Crippen LogP contribution in [0.15, 0.2) is 24.8 Å². The highest BCUT2D eigenvalue weighted by atomic mass is 32.1. The van der Waals surface area contributed by atoms with Gasteiger partial charge in [0.25, 0.3) is 0 Å². The Morgan fingerprint density at radius 1 is 1.50 bits per heavy atom.